The van der Waals surface area contributed by atoms with Gasteiger partial charge in [0.25, 0.3) is 5.91 Å². The molecule has 1 amide bonds. The van der Waals surface area contributed by atoms with E-state index in [4.69, 9.17) is 0 Å². The van der Waals surface area contributed by atoms with Gasteiger partial charge >= 0.3 is 0 Å². The first-order valence-electron chi connectivity index (χ1n) is 5.54. The second-order valence-corrected chi connectivity index (χ2v) is 4.71. The van der Waals surface area contributed by atoms with Crippen LogP contribution in [0.4, 0.5) is 0 Å². The van der Waals surface area contributed by atoms with Crippen LogP contribution in [0.5, 0.6) is 0 Å². The normalized spacial score (nSPS) is 10.6. The molecule has 0 bridgehead atoms. The maximum absolute atomic E-state index is 12.1. The molecule has 84 valence electrons. The first-order chi connectivity index (χ1) is 7.76. The van der Waals surface area contributed by atoms with Gasteiger partial charge in [-0.3, -0.25) is 4.79 Å². The van der Waals surface area contributed by atoms with E-state index in [2.05, 4.69) is 6.07 Å². The Balaban J connectivity index is 2.36. The zero-order valence-electron chi connectivity index (χ0n) is 9.56. The first-order valence-corrected chi connectivity index (χ1v) is 6.35. The van der Waals surface area contributed by atoms with Crippen LogP contribution in [0.15, 0.2) is 30.3 Å². The molecule has 0 unspecified atom stereocenters. The van der Waals surface area contributed by atoms with E-state index in [9.17, 15) is 4.79 Å². The van der Waals surface area contributed by atoms with Crippen LogP contribution < -0.4 is 0 Å². The van der Waals surface area contributed by atoms with Gasteiger partial charge in [0.1, 0.15) is 0 Å². The molecule has 0 radical (unpaired) electrons. The fourth-order valence-electron chi connectivity index (χ4n) is 1.75. The molecule has 16 heavy (non-hydrogen) atoms. The van der Waals surface area contributed by atoms with Crippen LogP contribution in [0.2, 0.25) is 0 Å². The molecule has 1 aromatic heterocycles. The topological polar surface area (TPSA) is 20.3 Å². The zero-order valence-corrected chi connectivity index (χ0v) is 10.4. The van der Waals surface area contributed by atoms with Crippen molar-refractivity contribution in [2.24, 2.45) is 0 Å². The third kappa shape index (κ3) is 1.95. The molecule has 0 aliphatic heterocycles. The van der Waals surface area contributed by atoms with E-state index in [0.29, 0.717) is 0 Å². The van der Waals surface area contributed by atoms with Crippen LogP contribution in [-0.2, 0) is 0 Å². The summed E-state index contributed by atoms with van der Waals surface area (Å²) >= 11 is 1.57. The van der Waals surface area contributed by atoms with Crippen molar-refractivity contribution in [2.75, 3.05) is 13.1 Å². The lowest BCUT2D eigenvalue weighted by Gasteiger charge is -2.17. The SMILES string of the molecule is CCN(CC)C(=O)c1cc2ccccc2s1. The summed E-state index contributed by atoms with van der Waals surface area (Å²) in [6, 6.07) is 10.1. The van der Waals surface area contributed by atoms with Crippen molar-refractivity contribution < 1.29 is 4.79 Å². The molecule has 0 aliphatic rings. The Labute approximate surface area is 99.5 Å². The Morgan fingerprint density at radius 2 is 1.94 bits per heavy atom. The number of carbonyl (C=O) groups is 1. The first kappa shape index (κ1) is 11.1. The minimum absolute atomic E-state index is 0.145. The number of thiophene rings is 1. The van der Waals surface area contributed by atoms with Gasteiger partial charge in [-0.05, 0) is 31.4 Å². The van der Waals surface area contributed by atoms with Crippen LogP contribution in [0.25, 0.3) is 10.1 Å². The third-order valence-electron chi connectivity index (χ3n) is 2.69. The maximum atomic E-state index is 12.1. The number of benzene rings is 1. The fraction of sp³-hybridized carbons (Fsp3) is 0.308. The number of fused-ring (bicyclic) bond motifs is 1. The molecule has 2 aromatic rings. The Morgan fingerprint density at radius 3 is 2.56 bits per heavy atom. The molecular formula is C13H15NOS. The van der Waals surface area contributed by atoms with Gasteiger partial charge in [0, 0.05) is 17.8 Å². The molecule has 0 spiro atoms. The van der Waals surface area contributed by atoms with Gasteiger partial charge in [-0.25, -0.2) is 0 Å². The highest BCUT2D eigenvalue weighted by Gasteiger charge is 2.14. The van der Waals surface area contributed by atoms with Gasteiger partial charge < -0.3 is 4.90 Å². The molecular weight excluding hydrogens is 218 g/mol. The lowest BCUT2D eigenvalue weighted by molar-refractivity contribution is 0.0778. The largest absolute Gasteiger partial charge is 0.339 e. The Hall–Kier alpha value is -1.35. The molecule has 1 heterocycles. The zero-order chi connectivity index (χ0) is 11.5. The Kier molecular flexibility index (Phi) is 3.25. The third-order valence-corrected chi connectivity index (χ3v) is 3.79. The van der Waals surface area contributed by atoms with Crippen LogP contribution in [0.1, 0.15) is 23.5 Å². The number of rotatable bonds is 3. The van der Waals surface area contributed by atoms with Crippen molar-refractivity contribution in [3.63, 3.8) is 0 Å². The minimum Gasteiger partial charge on any atom is -0.339 e. The predicted octanol–water partition coefficient (Wildman–Crippen LogP) is 3.38. The number of nitrogens with zero attached hydrogens (tertiary/aromatic N) is 1. The summed E-state index contributed by atoms with van der Waals surface area (Å²) < 4.78 is 1.18. The summed E-state index contributed by atoms with van der Waals surface area (Å²) in [5.41, 5.74) is 0. The van der Waals surface area contributed by atoms with Crippen molar-refractivity contribution in [3.05, 3.63) is 35.2 Å². The van der Waals surface area contributed by atoms with Crippen LogP contribution >= 0.6 is 11.3 Å². The van der Waals surface area contributed by atoms with Crippen molar-refractivity contribution in [3.8, 4) is 0 Å². The number of carbonyl (C=O) groups excluding carboxylic acids is 1. The second-order valence-electron chi connectivity index (χ2n) is 3.63. The summed E-state index contributed by atoms with van der Waals surface area (Å²) in [5, 5.41) is 1.16. The van der Waals surface area contributed by atoms with Crippen molar-refractivity contribution in [1.29, 1.82) is 0 Å². The summed E-state index contributed by atoms with van der Waals surface area (Å²) in [4.78, 5) is 14.8. The number of hydrogen-bond acceptors (Lipinski definition) is 2. The maximum Gasteiger partial charge on any atom is 0.263 e. The van der Waals surface area contributed by atoms with Gasteiger partial charge in [0.05, 0.1) is 4.88 Å². The Bertz CT molecular complexity index is 466. The van der Waals surface area contributed by atoms with E-state index in [-0.39, 0.29) is 5.91 Å². The number of hydrogen-bond donors (Lipinski definition) is 0. The molecule has 0 aliphatic carbocycles. The average Bonchev–Trinajstić information content (AvgIpc) is 2.74. The molecule has 2 nitrogen and oxygen atoms in total. The fourth-order valence-corrected chi connectivity index (χ4v) is 2.78. The van der Waals surface area contributed by atoms with Crippen LogP contribution in [-0.4, -0.2) is 23.9 Å². The quantitative estimate of drug-likeness (QED) is 0.795. The summed E-state index contributed by atoms with van der Waals surface area (Å²) in [6.45, 7) is 5.55. The molecule has 0 fully saturated rings. The lowest BCUT2D eigenvalue weighted by Crippen LogP contribution is -2.29. The predicted molar refractivity (Wildman–Crippen MR) is 69.1 cm³/mol. The van der Waals surface area contributed by atoms with E-state index in [0.717, 1.165) is 23.4 Å². The lowest BCUT2D eigenvalue weighted by atomic mass is 10.2. The number of amides is 1. The van der Waals surface area contributed by atoms with Gasteiger partial charge in [0.2, 0.25) is 0 Å². The molecule has 3 heteroatoms. The van der Waals surface area contributed by atoms with Crippen molar-refractivity contribution >= 4 is 27.3 Å². The highest BCUT2D eigenvalue weighted by molar-refractivity contribution is 7.20. The van der Waals surface area contributed by atoms with Gasteiger partial charge in [-0.15, -0.1) is 11.3 Å². The summed E-state index contributed by atoms with van der Waals surface area (Å²) in [6.07, 6.45) is 0. The smallest absolute Gasteiger partial charge is 0.263 e. The molecule has 0 N–H and O–H groups in total. The van der Waals surface area contributed by atoms with E-state index < -0.39 is 0 Å². The van der Waals surface area contributed by atoms with Crippen molar-refractivity contribution in [1.82, 2.24) is 4.90 Å². The molecule has 2 rings (SSSR count). The van der Waals surface area contributed by atoms with E-state index in [1.165, 1.54) is 4.70 Å². The summed E-state index contributed by atoms with van der Waals surface area (Å²) in [5.74, 6) is 0.145. The second kappa shape index (κ2) is 4.66. The average molecular weight is 233 g/mol. The molecule has 0 saturated carbocycles. The van der Waals surface area contributed by atoms with Gasteiger partial charge in [0.15, 0.2) is 0 Å². The van der Waals surface area contributed by atoms with E-state index in [1.807, 2.05) is 43.0 Å². The Morgan fingerprint density at radius 1 is 1.25 bits per heavy atom. The molecule has 1 aromatic carbocycles. The minimum atomic E-state index is 0.145. The monoisotopic (exact) mass is 233 g/mol. The van der Waals surface area contributed by atoms with Gasteiger partial charge in [-0.1, -0.05) is 18.2 Å². The highest BCUT2D eigenvalue weighted by Crippen LogP contribution is 2.26. The molecule has 0 atom stereocenters. The van der Waals surface area contributed by atoms with Crippen LogP contribution in [0, 0.1) is 0 Å². The summed E-state index contributed by atoms with van der Waals surface area (Å²) in [7, 11) is 0. The van der Waals surface area contributed by atoms with E-state index >= 15 is 0 Å². The molecule has 0 saturated heterocycles. The van der Waals surface area contributed by atoms with Gasteiger partial charge in [-0.2, -0.15) is 0 Å². The van der Waals surface area contributed by atoms with Crippen molar-refractivity contribution in [2.45, 2.75) is 13.8 Å². The van der Waals surface area contributed by atoms with E-state index in [1.54, 1.807) is 11.3 Å². The highest BCUT2D eigenvalue weighted by atomic mass is 32.1. The van der Waals surface area contributed by atoms with Crippen LogP contribution in [0.3, 0.4) is 0 Å². The standard InChI is InChI=1S/C13H15NOS/c1-3-14(4-2)13(15)12-9-10-7-5-6-8-11(10)16-12/h5-9H,3-4H2,1-2H3.